The number of hydrogen-bond donors (Lipinski definition) is 0. The Morgan fingerprint density at radius 3 is 1.72 bits per heavy atom. The van der Waals surface area contributed by atoms with E-state index in [0.717, 1.165) is 63.0 Å². The maximum absolute atomic E-state index is 11.7. The molecule has 0 amide bonds. The number of benzene rings is 8. The van der Waals surface area contributed by atoms with Gasteiger partial charge in [-0.15, -0.1) is 0 Å². The first kappa shape index (κ1) is 34.2. The first-order valence-electron chi connectivity index (χ1n) is 19.3. The molecule has 1 heterocycles. The van der Waals surface area contributed by atoms with Gasteiger partial charge in [-0.05, 0) is 129 Å². The van der Waals surface area contributed by atoms with Crippen molar-refractivity contribution in [2.24, 2.45) is 0 Å². The first-order valence-corrected chi connectivity index (χ1v) is 19.3. The monoisotopic (exact) mass is 734 g/mol. The molecule has 0 unspecified atom stereocenters. The molecule has 4 nitrogen and oxygen atoms in total. The highest BCUT2D eigenvalue weighted by molar-refractivity contribution is 6.10. The summed E-state index contributed by atoms with van der Waals surface area (Å²) in [6.07, 6.45) is 1.81. The van der Waals surface area contributed by atoms with Gasteiger partial charge in [-0.1, -0.05) is 111 Å². The van der Waals surface area contributed by atoms with E-state index in [1.54, 1.807) is 0 Å². The average Bonchev–Trinajstić information content (AvgIpc) is 3.71. The molecular formula is C53H38N2O2. The Balaban J connectivity index is 1.06. The van der Waals surface area contributed by atoms with E-state index in [2.05, 4.69) is 163 Å². The van der Waals surface area contributed by atoms with Gasteiger partial charge in [0.2, 0.25) is 0 Å². The topological polar surface area (TPSA) is 42.3 Å². The predicted octanol–water partition coefficient (Wildman–Crippen LogP) is 13.5. The molecule has 0 saturated carbocycles. The van der Waals surface area contributed by atoms with Crippen LogP contribution in [0.2, 0.25) is 0 Å². The number of anilines is 3. The number of hydrogen-bond acceptors (Lipinski definition) is 3. The summed E-state index contributed by atoms with van der Waals surface area (Å²) in [5.74, 6) is 0. The summed E-state index contributed by atoms with van der Waals surface area (Å²) in [6.45, 7) is 4.54. The molecule has 0 N–H and O–H groups in total. The standard InChI is InChI=1S/C53H38N2O2/c1-53(2)49-28-14-36(34-57)30-47(49)45-27-26-44(32-50(45)53)54(41-22-15-38(16-23-41)37-8-4-3-5-9-37)42-24-17-39(18-25-42)40-19-29-52-48(31-40)46-10-6-7-11-51(46)55(52)43-20-12-35(33-56)13-21-43/h3-34H,1-2H3. The minimum atomic E-state index is -0.227. The van der Waals surface area contributed by atoms with Gasteiger partial charge in [0.1, 0.15) is 12.6 Å². The maximum atomic E-state index is 11.7. The van der Waals surface area contributed by atoms with Crippen LogP contribution in [0.25, 0.3) is 60.9 Å². The Morgan fingerprint density at radius 1 is 0.439 bits per heavy atom. The zero-order valence-electron chi connectivity index (χ0n) is 31.7. The van der Waals surface area contributed by atoms with E-state index in [1.807, 2.05) is 42.5 Å². The normalized spacial score (nSPS) is 12.7. The van der Waals surface area contributed by atoms with Crippen molar-refractivity contribution in [3.63, 3.8) is 0 Å². The van der Waals surface area contributed by atoms with E-state index in [1.165, 1.54) is 38.6 Å². The highest BCUT2D eigenvalue weighted by atomic mass is 16.1. The molecule has 0 fully saturated rings. The lowest BCUT2D eigenvalue weighted by atomic mass is 9.82. The quantitative estimate of drug-likeness (QED) is 0.146. The summed E-state index contributed by atoms with van der Waals surface area (Å²) >= 11 is 0. The fraction of sp³-hybridized carbons (Fsp3) is 0.0566. The van der Waals surface area contributed by atoms with Crippen molar-refractivity contribution in [1.29, 1.82) is 0 Å². The van der Waals surface area contributed by atoms with Crippen LogP contribution in [0.5, 0.6) is 0 Å². The molecule has 0 spiro atoms. The lowest BCUT2D eigenvalue weighted by molar-refractivity contribution is 0.111. The van der Waals surface area contributed by atoms with Gasteiger partial charge in [0.25, 0.3) is 0 Å². The number of carbonyl (C=O) groups excluding carboxylic acids is 2. The van der Waals surface area contributed by atoms with Gasteiger partial charge in [0.05, 0.1) is 11.0 Å². The highest BCUT2D eigenvalue weighted by Crippen LogP contribution is 2.51. The molecule has 0 atom stereocenters. The fourth-order valence-electron chi connectivity index (χ4n) is 8.79. The third-order valence-corrected chi connectivity index (χ3v) is 11.7. The Hall–Kier alpha value is -7.30. The maximum Gasteiger partial charge on any atom is 0.150 e. The Bertz CT molecular complexity index is 2990. The molecule has 1 aromatic heterocycles. The zero-order chi connectivity index (χ0) is 38.7. The summed E-state index contributed by atoms with van der Waals surface area (Å²) < 4.78 is 2.27. The first-order chi connectivity index (χ1) is 27.9. The molecule has 57 heavy (non-hydrogen) atoms. The van der Waals surface area contributed by atoms with Crippen LogP contribution in [-0.4, -0.2) is 17.1 Å². The molecule has 8 aromatic carbocycles. The third kappa shape index (κ3) is 5.68. The van der Waals surface area contributed by atoms with E-state index < -0.39 is 0 Å². The van der Waals surface area contributed by atoms with Gasteiger partial charge < -0.3 is 9.47 Å². The lowest BCUT2D eigenvalue weighted by Gasteiger charge is -2.28. The summed E-state index contributed by atoms with van der Waals surface area (Å²) in [4.78, 5) is 25.4. The molecule has 0 bridgehead atoms. The van der Waals surface area contributed by atoms with Crippen molar-refractivity contribution >= 4 is 51.4 Å². The third-order valence-electron chi connectivity index (χ3n) is 11.7. The molecule has 0 saturated heterocycles. The largest absolute Gasteiger partial charge is 0.310 e. The van der Waals surface area contributed by atoms with Crippen LogP contribution in [0, 0.1) is 0 Å². The van der Waals surface area contributed by atoms with Crippen LogP contribution in [0.15, 0.2) is 182 Å². The number of carbonyl (C=O) groups is 2. The van der Waals surface area contributed by atoms with Gasteiger partial charge >= 0.3 is 0 Å². The molecule has 10 rings (SSSR count). The highest BCUT2D eigenvalue weighted by Gasteiger charge is 2.36. The van der Waals surface area contributed by atoms with Gasteiger partial charge in [-0.2, -0.15) is 0 Å². The second-order valence-electron chi connectivity index (χ2n) is 15.4. The summed E-state index contributed by atoms with van der Waals surface area (Å²) in [5, 5.41) is 2.36. The SMILES string of the molecule is CC1(C)c2ccc(C=O)cc2-c2ccc(N(c3ccc(-c4ccccc4)cc3)c3ccc(-c4ccc5c(c4)c4ccccc4n5-c4ccc(C=O)cc4)cc3)cc21. The molecule has 0 aliphatic heterocycles. The van der Waals surface area contributed by atoms with Crippen molar-refractivity contribution in [2.45, 2.75) is 19.3 Å². The van der Waals surface area contributed by atoms with E-state index in [4.69, 9.17) is 0 Å². The van der Waals surface area contributed by atoms with Crippen LogP contribution < -0.4 is 4.90 Å². The second kappa shape index (κ2) is 13.5. The molecule has 1 aliphatic carbocycles. The van der Waals surface area contributed by atoms with Gasteiger partial charge in [-0.3, -0.25) is 9.59 Å². The van der Waals surface area contributed by atoms with Gasteiger partial charge in [-0.25, -0.2) is 0 Å². The van der Waals surface area contributed by atoms with Crippen LogP contribution in [0.3, 0.4) is 0 Å². The molecular weight excluding hydrogens is 697 g/mol. The summed E-state index contributed by atoms with van der Waals surface area (Å²) in [6, 6.07) is 63.9. The smallest absolute Gasteiger partial charge is 0.150 e. The fourth-order valence-corrected chi connectivity index (χ4v) is 8.79. The molecule has 4 heteroatoms. The predicted molar refractivity (Wildman–Crippen MR) is 235 cm³/mol. The average molecular weight is 735 g/mol. The van der Waals surface area contributed by atoms with Crippen molar-refractivity contribution in [3.05, 3.63) is 204 Å². The number of aldehydes is 2. The number of para-hydroxylation sites is 1. The van der Waals surface area contributed by atoms with Gasteiger partial charge in [0, 0.05) is 50.1 Å². The van der Waals surface area contributed by atoms with E-state index in [0.29, 0.717) is 11.1 Å². The van der Waals surface area contributed by atoms with E-state index >= 15 is 0 Å². The zero-order valence-corrected chi connectivity index (χ0v) is 31.7. The molecule has 272 valence electrons. The van der Waals surface area contributed by atoms with Crippen LogP contribution in [-0.2, 0) is 5.41 Å². The molecule has 1 aliphatic rings. The van der Waals surface area contributed by atoms with E-state index in [9.17, 15) is 9.59 Å². The number of aromatic nitrogens is 1. The van der Waals surface area contributed by atoms with Crippen LogP contribution in [0.4, 0.5) is 17.1 Å². The van der Waals surface area contributed by atoms with Gasteiger partial charge in [0.15, 0.2) is 0 Å². The van der Waals surface area contributed by atoms with Crippen molar-refractivity contribution < 1.29 is 9.59 Å². The second-order valence-corrected chi connectivity index (χ2v) is 15.4. The minimum absolute atomic E-state index is 0.227. The summed E-state index contributed by atoms with van der Waals surface area (Å²) in [5.41, 5.74) is 17.0. The minimum Gasteiger partial charge on any atom is -0.310 e. The number of rotatable bonds is 8. The van der Waals surface area contributed by atoms with Crippen molar-refractivity contribution in [3.8, 4) is 39.1 Å². The number of nitrogens with zero attached hydrogens (tertiary/aromatic N) is 2. The number of fused-ring (bicyclic) bond motifs is 6. The van der Waals surface area contributed by atoms with Crippen molar-refractivity contribution in [2.75, 3.05) is 4.90 Å². The summed E-state index contributed by atoms with van der Waals surface area (Å²) in [7, 11) is 0. The molecule has 9 aromatic rings. The van der Waals surface area contributed by atoms with E-state index in [-0.39, 0.29) is 5.41 Å². The Kier molecular flexibility index (Phi) is 8.08. The van der Waals surface area contributed by atoms with Crippen LogP contribution in [0.1, 0.15) is 45.7 Å². The lowest BCUT2D eigenvalue weighted by Crippen LogP contribution is -2.16. The molecule has 0 radical (unpaired) electrons. The van der Waals surface area contributed by atoms with Crippen molar-refractivity contribution in [1.82, 2.24) is 4.57 Å². The Morgan fingerprint density at radius 2 is 1.02 bits per heavy atom. The Labute approximate surface area is 331 Å². The van der Waals surface area contributed by atoms with Crippen LogP contribution >= 0.6 is 0 Å².